The van der Waals surface area contributed by atoms with Crippen molar-refractivity contribution in [2.45, 2.75) is 0 Å². The molecule has 3 aromatic heterocycles. The summed E-state index contributed by atoms with van der Waals surface area (Å²) in [5.41, 5.74) is 10.4. The zero-order chi connectivity index (χ0) is 20.4. The van der Waals surface area contributed by atoms with Crippen LogP contribution < -0.4 is 11.1 Å². The molecule has 0 spiro atoms. The number of H-pyrrole nitrogens is 1. The van der Waals surface area contributed by atoms with Gasteiger partial charge in [-0.25, -0.2) is 4.98 Å². The summed E-state index contributed by atoms with van der Waals surface area (Å²) < 4.78 is 0. The Morgan fingerprint density at radius 3 is 2.72 bits per heavy atom. The number of anilines is 1. The fourth-order valence-corrected chi connectivity index (χ4v) is 3.10. The average molecular weight is 383 g/mol. The van der Waals surface area contributed by atoms with E-state index in [1.807, 2.05) is 36.5 Å². The second-order valence-electron chi connectivity index (χ2n) is 6.39. The van der Waals surface area contributed by atoms with E-state index in [9.17, 15) is 9.59 Å². The van der Waals surface area contributed by atoms with Gasteiger partial charge in [0.15, 0.2) is 0 Å². The highest BCUT2D eigenvalue weighted by Crippen LogP contribution is 2.31. The van der Waals surface area contributed by atoms with Crippen LogP contribution in [-0.2, 0) is 4.79 Å². The molecule has 4 N–H and O–H groups in total. The Hall–Kier alpha value is -4.26. The number of nitrogens with zero attached hydrogens (tertiary/aromatic N) is 2. The summed E-state index contributed by atoms with van der Waals surface area (Å²) in [4.78, 5) is 34.7. The molecular formula is C22H17N5O2. The van der Waals surface area contributed by atoms with E-state index < -0.39 is 5.91 Å². The summed E-state index contributed by atoms with van der Waals surface area (Å²) >= 11 is 0. The van der Waals surface area contributed by atoms with Gasteiger partial charge in [0.2, 0.25) is 5.91 Å². The third-order valence-corrected chi connectivity index (χ3v) is 4.50. The number of hydrogen-bond donors (Lipinski definition) is 3. The molecule has 4 aromatic rings. The van der Waals surface area contributed by atoms with Gasteiger partial charge in [0.1, 0.15) is 11.3 Å². The maximum atomic E-state index is 11.6. The molecule has 0 fully saturated rings. The van der Waals surface area contributed by atoms with Crippen LogP contribution in [0.1, 0.15) is 10.5 Å². The van der Waals surface area contributed by atoms with Crippen molar-refractivity contribution in [3.63, 3.8) is 0 Å². The van der Waals surface area contributed by atoms with Crippen LogP contribution in [0.3, 0.4) is 0 Å². The van der Waals surface area contributed by atoms with E-state index in [4.69, 9.17) is 5.73 Å². The highest BCUT2D eigenvalue weighted by Gasteiger charge is 2.12. The molecule has 29 heavy (non-hydrogen) atoms. The summed E-state index contributed by atoms with van der Waals surface area (Å²) in [6.45, 7) is 3.46. The molecule has 3 heterocycles. The van der Waals surface area contributed by atoms with Crippen molar-refractivity contribution in [3.05, 3.63) is 79.4 Å². The fraction of sp³-hybridized carbons (Fsp3) is 0. The van der Waals surface area contributed by atoms with Crippen LogP contribution in [0.4, 0.5) is 5.69 Å². The molecule has 0 radical (unpaired) electrons. The van der Waals surface area contributed by atoms with E-state index in [-0.39, 0.29) is 11.6 Å². The summed E-state index contributed by atoms with van der Waals surface area (Å²) in [6, 6.07) is 13.0. The van der Waals surface area contributed by atoms with Crippen molar-refractivity contribution >= 4 is 28.5 Å². The number of aromatic nitrogens is 3. The minimum atomic E-state index is -0.580. The SMILES string of the molecule is C=CC(=O)Nc1cccc(-c2cnc3[nH]cc(-c4ccnc(C(N)=O)c4)c3c2)c1. The van der Waals surface area contributed by atoms with Gasteiger partial charge in [-0.2, -0.15) is 0 Å². The van der Waals surface area contributed by atoms with Crippen molar-refractivity contribution in [1.82, 2.24) is 15.0 Å². The molecular weight excluding hydrogens is 366 g/mol. The number of primary amides is 1. The lowest BCUT2D eigenvalue weighted by atomic mass is 10.0. The number of nitrogens with one attached hydrogen (secondary N) is 2. The maximum absolute atomic E-state index is 11.6. The highest BCUT2D eigenvalue weighted by molar-refractivity contribution is 6.00. The summed E-state index contributed by atoms with van der Waals surface area (Å²) in [6.07, 6.45) is 6.37. The van der Waals surface area contributed by atoms with Crippen LogP contribution in [0.5, 0.6) is 0 Å². The van der Waals surface area contributed by atoms with Gasteiger partial charge in [-0.15, -0.1) is 0 Å². The van der Waals surface area contributed by atoms with Crippen LogP contribution in [0.2, 0.25) is 0 Å². The number of nitrogens with two attached hydrogens (primary N) is 1. The van der Waals surface area contributed by atoms with E-state index in [1.165, 1.54) is 6.08 Å². The van der Waals surface area contributed by atoms with Gasteiger partial charge in [-0.05, 0) is 47.5 Å². The van der Waals surface area contributed by atoms with Crippen molar-refractivity contribution in [2.75, 3.05) is 5.32 Å². The minimum Gasteiger partial charge on any atom is -0.364 e. The zero-order valence-electron chi connectivity index (χ0n) is 15.3. The summed E-state index contributed by atoms with van der Waals surface area (Å²) in [5.74, 6) is -0.851. The van der Waals surface area contributed by atoms with Crippen LogP contribution >= 0.6 is 0 Å². The average Bonchev–Trinajstić information content (AvgIpc) is 3.17. The first-order valence-corrected chi connectivity index (χ1v) is 8.82. The Bertz CT molecular complexity index is 1260. The quantitative estimate of drug-likeness (QED) is 0.458. The Kier molecular flexibility index (Phi) is 4.62. The first kappa shape index (κ1) is 18.1. The van der Waals surface area contributed by atoms with E-state index in [1.54, 1.807) is 24.5 Å². The van der Waals surface area contributed by atoms with Crippen molar-refractivity contribution < 1.29 is 9.59 Å². The predicted molar refractivity (Wildman–Crippen MR) is 112 cm³/mol. The Labute approximate surface area is 166 Å². The van der Waals surface area contributed by atoms with Crippen molar-refractivity contribution in [1.29, 1.82) is 0 Å². The molecule has 7 nitrogen and oxygen atoms in total. The number of carbonyl (C=O) groups excluding carboxylic acids is 2. The van der Waals surface area contributed by atoms with Crippen LogP contribution in [0, 0.1) is 0 Å². The number of fused-ring (bicyclic) bond motifs is 1. The lowest BCUT2D eigenvalue weighted by molar-refractivity contribution is -0.111. The van der Waals surface area contributed by atoms with E-state index >= 15 is 0 Å². The molecule has 2 amide bonds. The molecule has 0 bridgehead atoms. The summed E-state index contributed by atoms with van der Waals surface area (Å²) in [5, 5.41) is 3.65. The molecule has 0 saturated carbocycles. The first-order chi connectivity index (χ1) is 14.0. The lowest BCUT2D eigenvalue weighted by Crippen LogP contribution is -2.12. The molecule has 0 atom stereocenters. The second kappa shape index (κ2) is 7.40. The van der Waals surface area contributed by atoms with Crippen LogP contribution in [0.25, 0.3) is 33.3 Å². The van der Waals surface area contributed by atoms with Gasteiger partial charge in [0.05, 0.1) is 0 Å². The molecule has 0 saturated heterocycles. The second-order valence-corrected chi connectivity index (χ2v) is 6.39. The molecule has 0 unspecified atom stereocenters. The number of rotatable bonds is 5. The largest absolute Gasteiger partial charge is 0.364 e. The number of aromatic amines is 1. The van der Waals surface area contributed by atoms with Gasteiger partial charge in [-0.3, -0.25) is 14.6 Å². The fourth-order valence-electron chi connectivity index (χ4n) is 3.10. The van der Waals surface area contributed by atoms with Gasteiger partial charge < -0.3 is 16.0 Å². The molecule has 0 aliphatic heterocycles. The van der Waals surface area contributed by atoms with Crippen LogP contribution in [0.15, 0.2) is 73.7 Å². The molecule has 4 rings (SSSR count). The molecule has 0 aliphatic rings. The van der Waals surface area contributed by atoms with E-state index in [0.717, 1.165) is 33.3 Å². The monoisotopic (exact) mass is 383 g/mol. The third kappa shape index (κ3) is 3.61. The number of pyridine rings is 2. The lowest BCUT2D eigenvalue weighted by Gasteiger charge is -2.07. The smallest absolute Gasteiger partial charge is 0.267 e. The van der Waals surface area contributed by atoms with Gasteiger partial charge in [-0.1, -0.05) is 18.7 Å². The van der Waals surface area contributed by atoms with E-state index in [2.05, 4.69) is 26.8 Å². The Balaban J connectivity index is 1.77. The molecule has 7 heteroatoms. The molecule has 1 aromatic carbocycles. The standard InChI is InChI=1S/C22H17N5O2/c1-2-20(28)27-16-5-3-4-13(8-16)15-9-17-18(12-26-22(17)25-11-15)14-6-7-24-19(10-14)21(23)29/h2-12H,1H2,(H2,23,29)(H,25,26)(H,27,28). The zero-order valence-corrected chi connectivity index (χ0v) is 15.3. The van der Waals surface area contributed by atoms with Gasteiger partial charge in [0, 0.05) is 40.8 Å². The third-order valence-electron chi connectivity index (χ3n) is 4.50. The normalized spacial score (nSPS) is 10.6. The van der Waals surface area contributed by atoms with Crippen molar-refractivity contribution in [3.8, 4) is 22.3 Å². The predicted octanol–water partition coefficient (Wildman–Crippen LogP) is 3.52. The minimum absolute atomic E-state index is 0.201. The topological polar surface area (TPSA) is 114 Å². The van der Waals surface area contributed by atoms with Gasteiger partial charge in [0.25, 0.3) is 5.91 Å². The van der Waals surface area contributed by atoms with Gasteiger partial charge >= 0.3 is 0 Å². The number of carbonyl (C=O) groups is 2. The first-order valence-electron chi connectivity index (χ1n) is 8.82. The number of hydrogen-bond acceptors (Lipinski definition) is 4. The van der Waals surface area contributed by atoms with Crippen LogP contribution in [-0.4, -0.2) is 26.8 Å². The number of benzene rings is 1. The Morgan fingerprint density at radius 1 is 1.07 bits per heavy atom. The maximum Gasteiger partial charge on any atom is 0.267 e. The Morgan fingerprint density at radius 2 is 1.93 bits per heavy atom. The number of amides is 2. The molecule has 142 valence electrons. The van der Waals surface area contributed by atoms with E-state index in [0.29, 0.717) is 5.69 Å². The van der Waals surface area contributed by atoms with Crippen molar-refractivity contribution in [2.24, 2.45) is 5.73 Å². The summed E-state index contributed by atoms with van der Waals surface area (Å²) in [7, 11) is 0. The highest BCUT2D eigenvalue weighted by atomic mass is 16.1. The molecule has 0 aliphatic carbocycles.